The van der Waals surface area contributed by atoms with E-state index in [1.165, 1.54) is 18.9 Å². The van der Waals surface area contributed by atoms with Crippen LogP contribution < -0.4 is 0 Å². The molecule has 4 nitrogen and oxygen atoms in total. The van der Waals surface area contributed by atoms with Crippen molar-refractivity contribution in [1.82, 2.24) is 0 Å². The molecule has 0 radical (unpaired) electrons. The Balaban J connectivity index is 1.97. The monoisotopic (exact) mass is 312 g/mol. The minimum Gasteiger partial charge on any atom is -0.468 e. The molecule has 0 heterocycles. The van der Waals surface area contributed by atoms with E-state index in [9.17, 15) is 14.4 Å². The van der Waals surface area contributed by atoms with Crippen molar-refractivity contribution in [2.24, 2.45) is 0 Å². The maximum absolute atomic E-state index is 12.5. The summed E-state index contributed by atoms with van der Waals surface area (Å²) in [5, 5.41) is 0. The van der Waals surface area contributed by atoms with Gasteiger partial charge in [-0.15, -0.1) is 11.8 Å². The topological polar surface area (TPSA) is 60.4 Å². The first-order valence-electron chi connectivity index (χ1n) is 6.64. The van der Waals surface area contributed by atoms with E-state index in [0.29, 0.717) is 22.3 Å². The summed E-state index contributed by atoms with van der Waals surface area (Å²) < 4.78 is 4.59. The van der Waals surface area contributed by atoms with Crippen molar-refractivity contribution in [1.29, 1.82) is 0 Å². The van der Waals surface area contributed by atoms with Crippen molar-refractivity contribution in [3.63, 3.8) is 0 Å². The van der Waals surface area contributed by atoms with Crippen LogP contribution in [0.5, 0.6) is 0 Å². The first-order chi connectivity index (χ1) is 10.6. The lowest BCUT2D eigenvalue weighted by atomic mass is 9.84. The SMILES string of the molecule is COC(=O)CSc1ccc2c(c1)C(=O)c1ccccc1C2=O. The Morgan fingerprint density at radius 2 is 1.55 bits per heavy atom. The predicted octanol–water partition coefficient (Wildman–Crippen LogP) is 2.73. The first-order valence-corrected chi connectivity index (χ1v) is 7.62. The van der Waals surface area contributed by atoms with Gasteiger partial charge in [-0.2, -0.15) is 0 Å². The van der Waals surface area contributed by atoms with Crippen molar-refractivity contribution in [3.05, 3.63) is 64.7 Å². The highest BCUT2D eigenvalue weighted by Gasteiger charge is 2.29. The third kappa shape index (κ3) is 2.44. The Kier molecular flexibility index (Phi) is 3.81. The zero-order valence-corrected chi connectivity index (χ0v) is 12.6. The largest absolute Gasteiger partial charge is 0.468 e. The molecule has 1 aliphatic carbocycles. The summed E-state index contributed by atoms with van der Waals surface area (Å²) in [6, 6.07) is 11.9. The Morgan fingerprint density at radius 1 is 0.955 bits per heavy atom. The molecule has 0 bridgehead atoms. The third-order valence-electron chi connectivity index (χ3n) is 3.48. The standard InChI is InChI=1S/C17H12O4S/c1-21-15(18)9-22-10-6-7-13-14(8-10)17(20)12-5-3-2-4-11(12)16(13)19/h2-8H,9H2,1H3. The summed E-state index contributed by atoms with van der Waals surface area (Å²) in [4.78, 5) is 36.9. The number of benzene rings is 2. The Bertz CT molecular complexity index is 795. The molecule has 2 aromatic rings. The van der Waals surface area contributed by atoms with Crippen LogP contribution in [0.15, 0.2) is 47.4 Å². The van der Waals surface area contributed by atoms with Crippen molar-refractivity contribution < 1.29 is 19.1 Å². The van der Waals surface area contributed by atoms with Crippen LogP contribution in [0.25, 0.3) is 0 Å². The molecule has 5 heteroatoms. The summed E-state index contributed by atoms with van der Waals surface area (Å²) in [5.74, 6) is -0.482. The molecule has 0 unspecified atom stereocenters. The number of carbonyl (C=O) groups excluding carboxylic acids is 3. The average molecular weight is 312 g/mol. The number of fused-ring (bicyclic) bond motifs is 2. The Morgan fingerprint density at radius 3 is 2.18 bits per heavy atom. The highest BCUT2D eigenvalue weighted by atomic mass is 32.2. The van der Waals surface area contributed by atoms with Gasteiger partial charge >= 0.3 is 5.97 Å². The van der Waals surface area contributed by atoms with Gasteiger partial charge in [-0.3, -0.25) is 14.4 Å². The van der Waals surface area contributed by atoms with Gasteiger partial charge in [0.25, 0.3) is 0 Å². The fraction of sp³-hybridized carbons (Fsp3) is 0.118. The summed E-state index contributed by atoms with van der Waals surface area (Å²) in [6.45, 7) is 0. The Labute approximate surface area is 131 Å². The van der Waals surface area contributed by atoms with Crippen LogP contribution in [0.4, 0.5) is 0 Å². The van der Waals surface area contributed by atoms with Gasteiger partial charge in [-0.1, -0.05) is 24.3 Å². The Hall–Kier alpha value is -2.40. The van der Waals surface area contributed by atoms with Crippen molar-refractivity contribution in [2.45, 2.75) is 4.90 Å². The normalized spacial score (nSPS) is 12.6. The smallest absolute Gasteiger partial charge is 0.315 e. The number of hydrogen-bond acceptors (Lipinski definition) is 5. The van der Waals surface area contributed by atoms with Crippen molar-refractivity contribution in [2.75, 3.05) is 12.9 Å². The van der Waals surface area contributed by atoms with Gasteiger partial charge in [-0.05, 0) is 18.2 Å². The van der Waals surface area contributed by atoms with Crippen LogP contribution in [-0.4, -0.2) is 30.4 Å². The molecule has 3 rings (SSSR count). The number of methoxy groups -OCH3 is 1. The second-order valence-electron chi connectivity index (χ2n) is 4.78. The van der Waals surface area contributed by atoms with E-state index in [4.69, 9.17) is 0 Å². The minimum absolute atomic E-state index is 0.144. The molecule has 0 saturated heterocycles. The van der Waals surface area contributed by atoms with E-state index in [2.05, 4.69) is 4.74 Å². The second-order valence-corrected chi connectivity index (χ2v) is 5.82. The molecule has 0 aromatic heterocycles. The van der Waals surface area contributed by atoms with Crippen LogP contribution >= 0.6 is 11.8 Å². The molecule has 22 heavy (non-hydrogen) atoms. The first kappa shape index (κ1) is 14.5. The van der Waals surface area contributed by atoms with E-state index in [1.807, 2.05) is 0 Å². The van der Waals surface area contributed by atoms with Crippen molar-refractivity contribution >= 4 is 29.3 Å². The molecule has 0 fully saturated rings. The van der Waals surface area contributed by atoms with E-state index in [-0.39, 0.29) is 23.3 Å². The molecule has 0 atom stereocenters. The lowest BCUT2D eigenvalue weighted by Gasteiger charge is -2.17. The minimum atomic E-state index is -0.338. The zero-order chi connectivity index (χ0) is 15.7. The molecule has 0 N–H and O–H groups in total. The van der Waals surface area contributed by atoms with E-state index >= 15 is 0 Å². The number of thioether (sulfide) groups is 1. The van der Waals surface area contributed by atoms with Gasteiger partial charge in [0.15, 0.2) is 11.6 Å². The van der Waals surface area contributed by atoms with Crippen LogP contribution in [0.2, 0.25) is 0 Å². The van der Waals surface area contributed by atoms with E-state index in [0.717, 1.165) is 4.90 Å². The number of ketones is 2. The van der Waals surface area contributed by atoms with Gasteiger partial charge in [0.05, 0.1) is 12.9 Å². The lowest BCUT2D eigenvalue weighted by Crippen LogP contribution is -2.20. The number of esters is 1. The summed E-state index contributed by atoms with van der Waals surface area (Å²) in [7, 11) is 1.33. The molecule has 0 aliphatic heterocycles. The molecule has 0 spiro atoms. The third-order valence-corrected chi connectivity index (χ3v) is 4.45. The molecule has 110 valence electrons. The molecule has 0 saturated carbocycles. The van der Waals surface area contributed by atoms with Gasteiger partial charge < -0.3 is 4.74 Å². The maximum atomic E-state index is 12.5. The lowest BCUT2D eigenvalue weighted by molar-refractivity contribution is -0.137. The zero-order valence-electron chi connectivity index (χ0n) is 11.8. The molecule has 2 aromatic carbocycles. The predicted molar refractivity (Wildman–Crippen MR) is 82.5 cm³/mol. The molecule has 0 amide bonds. The van der Waals surface area contributed by atoms with Crippen LogP contribution in [-0.2, 0) is 9.53 Å². The number of carbonyl (C=O) groups is 3. The fourth-order valence-corrected chi connectivity index (χ4v) is 3.14. The number of rotatable bonds is 3. The van der Waals surface area contributed by atoms with Gasteiger partial charge in [-0.25, -0.2) is 0 Å². The molecular formula is C17H12O4S. The fourth-order valence-electron chi connectivity index (χ4n) is 2.37. The highest BCUT2D eigenvalue weighted by Crippen LogP contribution is 2.30. The quantitative estimate of drug-likeness (QED) is 0.550. The summed E-state index contributed by atoms with van der Waals surface area (Å²) in [5.41, 5.74) is 1.66. The molecular weight excluding hydrogens is 300 g/mol. The summed E-state index contributed by atoms with van der Waals surface area (Å²) in [6.07, 6.45) is 0. The van der Waals surface area contributed by atoms with Gasteiger partial charge in [0.2, 0.25) is 0 Å². The van der Waals surface area contributed by atoms with Gasteiger partial charge in [0, 0.05) is 27.1 Å². The highest BCUT2D eigenvalue weighted by molar-refractivity contribution is 8.00. The van der Waals surface area contributed by atoms with Crippen molar-refractivity contribution in [3.8, 4) is 0 Å². The van der Waals surface area contributed by atoms with Crippen LogP contribution in [0.3, 0.4) is 0 Å². The number of ether oxygens (including phenoxy) is 1. The van der Waals surface area contributed by atoms with Crippen LogP contribution in [0.1, 0.15) is 31.8 Å². The number of hydrogen-bond donors (Lipinski definition) is 0. The van der Waals surface area contributed by atoms with Gasteiger partial charge in [0.1, 0.15) is 0 Å². The van der Waals surface area contributed by atoms with E-state index < -0.39 is 0 Å². The second kappa shape index (κ2) is 5.77. The van der Waals surface area contributed by atoms with E-state index in [1.54, 1.807) is 42.5 Å². The average Bonchev–Trinajstić information content (AvgIpc) is 2.57. The summed E-state index contributed by atoms with van der Waals surface area (Å²) >= 11 is 1.27. The maximum Gasteiger partial charge on any atom is 0.315 e. The molecule has 1 aliphatic rings. The van der Waals surface area contributed by atoms with Crippen LogP contribution in [0, 0.1) is 0 Å².